The van der Waals surface area contributed by atoms with Gasteiger partial charge in [-0.3, -0.25) is 0 Å². The van der Waals surface area contributed by atoms with E-state index in [1.54, 1.807) is 0 Å². The van der Waals surface area contributed by atoms with Gasteiger partial charge < -0.3 is 10.1 Å². The number of anilines is 1. The number of aryl methyl sites for hydroxylation is 1. The van der Waals surface area contributed by atoms with Gasteiger partial charge in [0.2, 0.25) is 11.8 Å². The Morgan fingerprint density at radius 2 is 1.52 bits per heavy atom. The van der Waals surface area contributed by atoms with E-state index in [1.165, 1.54) is 5.56 Å². The Labute approximate surface area is 136 Å². The van der Waals surface area contributed by atoms with Gasteiger partial charge in [0.1, 0.15) is 6.61 Å². The van der Waals surface area contributed by atoms with Gasteiger partial charge in [0.25, 0.3) is 0 Å². The summed E-state index contributed by atoms with van der Waals surface area (Å²) in [5.41, 5.74) is 3.17. The Hall–Kier alpha value is -2.88. The van der Waals surface area contributed by atoms with Crippen molar-refractivity contribution in [2.45, 2.75) is 20.1 Å². The number of aromatic nitrogens is 2. The zero-order valence-electron chi connectivity index (χ0n) is 13.1. The largest absolute Gasteiger partial charge is 0.473 e. The fourth-order valence-electron chi connectivity index (χ4n) is 2.20. The molecule has 0 amide bonds. The summed E-state index contributed by atoms with van der Waals surface area (Å²) in [5, 5.41) is 3.24. The highest BCUT2D eigenvalue weighted by Gasteiger charge is 2.04. The van der Waals surface area contributed by atoms with E-state index >= 15 is 0 Å². The monoisotopic (exact) mass is 305 g/mol. The van der Waals surface area contributed by atoms with Crippen LogP contribution in [-0.4, -0.2) is 9.97 Å². The first kappa shape index (κ1) is 15.0. The van der Waals surface area contributed by atoms with E-state index in [4.69, 9.17) is 4.74 Å². The first-order valence-corrected chi connectivity index (χ1v) is 7.60. The highest BCUT2D eigenvalue weighted by molar-refractivity contribution is 5.32. The predicted molar refractivity (Wildman–Crippen MR) is 91.3 cm³/mol. The average Bonchev–Trinajstić information content (AvgIpc) is 2.60. The Bertz CT molecular complexity index is 683. The summed E-state index contributed by atoms with van der Waals surface area (Å²) in [5.74, 6) is 1.16. The van der Waals surface area contributed by atoms with Crippen LogP contribution in [0.3, 0.4) is 0 Å². The van der Waals surface area contributed by atoms with Crippen LogP contribution in [0.1, 0.15) is 16.8 Å². The van der Waals surface area contributed by atoms with Crippen LogP contribution in [0.2, 0.25) is 0 Å². The molecule has 0 radical (unpaired) electrons. The van der Waals surface area contributed by atoms with Crippen molar-refractivity contribution in [2.75, 3.05) is 5.32 Å². The minimum atomic E-state index is 0.495. The summed E-state index contributed by atoms with van der Waals surface area (Å²) in [6, 6.07) is 22.1. The van der Waals surface area contributed by atoms with E-state index in [-0.39, 0.29) is 0 Å². The van der Waals surface area contributed by atoms with E-state index in [0.717, 1.165) is 11.3 Å². The summed E-state index contributed by atoms with van der Waals surface area (Å²) >= 11 is 0. The lowest BCUT2D eigenvalue weighted by atomic mass is 10.2. The third-order valence-corrected chi connectivity index (χ3v) is 3.35. The molecule has 0 aliphatic carbocycles. The second kappa shape index (κ2) is 7.40. The molecule has 1 aromatic heterocycles. The lowest BCUT2D eigenvalue weighted by Gasteiger charge is -2.09. The summed E-state index contributed by atoms with van der Waals surface area (Å²) in [6.07, 6.45) is 0. The van der Waals surface area contributed by atoms with Gasteiger partial charge in [0, 0.05) is 18.3 Å². The lowest BCUT2D eigenvalue weighted by molar-refractivity contribution is 0.293. The van der Waals surface area contributed by atoms with Crippen molar-refractivity contribution in [1.29, 1.82) is 0 Å². The highest BCUT2D eigenvalue weighted by Crippen LogP contribution is 2.14. The highest BCUT2D eigenvalue weighted by atomic mass is 16.5. The first-order valence-electron chi connectivity index (χ1n) is 7.60. The van der Waals surface area contributed by atoms with Crippen molar-refractivity contribution in [2.24, 2.45) is 0 Å². The first-order chi connectivity index (χ1) is 11.3. The van der Waals surface area contributed by atoms with Crippen LogP contribution in [0.15, 0.2) is 66.7 Å². The average molecular weight is 305 g/mol. The molecule has 0 fully saturated rings. The minimum absolute atomic E-state index is 0.495. The standard InChI is InChI=1S/C19H19N3O/c1-15-12-18(23-14-17-10-6-3-7-11-17)22-19(21-15)20-13-16-8-4-2-5-9-16/h2-12H,13-14H2,1H3,(H,20,21,22). The third-order valence-electron chi connectivity index (χ3n) is 3.35. The molecule has 0 saturated heterocycles. The maximum atomic E-state index is 5.77. The summed E-state index contributed by atoms with van der Waals surface area (Å²) in [7, 11) is 0. The Balaban J connectivity index is 1.64. The molecule has 0 unspecified atom stereocenters. The molecule has 4 nitrogen and oxygen atoms in total. The fraction of sp³-hybridized carbons (Fsp3) is 0.158. The number of benzene rings is 2. The van der Waals surface area contributed by atoms with E-state index in [1.807, 2.05) is 61.5 Å². The van der Waals surface area contributed by atoms with Crippen molar-refractivity contribution in [1.82, 2.24) is 9.97 Å². The molecule has 0 atom stereocenters. The van der Waals surface area contributed by atoms with Gasteiger partial charge in [-0.15, -0.1) is 0 Å². The quantitative estimate of drug-likeness (QED) is 0.748. The fourth-order valence-corrected chi connectivity index (χ4v) is 2.20. The number of nitrogens with one attached hydrogen (secondary N) is 1. The van der Waals surface area contributed by atoms with Gasteiger partial charge in [0.15, 0.2) is 0 Å². The molecule has 3 aromatic rings. The minimum Gasteiger partial charge on any atom is -0.473 e. The molecule has 0 aliphatic heterocycles. The molecule has 116 valence electrons. The smallest absolute Gasteiger partial charge is 0.226 e. The number of hydrogen-bond acceptors (Lipinski definition) is 4. The zero-order chi connectivity index (χ0) is 15.9. The van der Waals surface area contributed by atoms with E-state index in [0.29, 0.717) is 25.0 Å². The maximum absolute atomic E-state index is 5.77. The van der Waals surface area contributed by atoms with Gasteiger partial charge in [-0.05, 0) is 18.1 Å². The molecule has 0 aliphatic rings. The van der Waals surface area contributed by atoms with Crippen molar-refractivity contribution in [3.8, 4) is 5.88 Å². The number of nitrogens with zero attached hydrogens (tertiary/aromatic N) is 2. The maximum Gasteiger partial charge on any atom is 0.226 e. The third kappa shape index (κ3) is 4.54. The van der Waals surface area contributed by atoms with Gasteiger partial charge in [0.05, 0.1) is 0 Å². The van der Waals surface area contributed by atoms with Crippen LogP contribution in [0, 0.1) is 6.92 Å². The van der Waals surface area contributed by atoms with Gasteiger partial charge in [-0.2, -0.15) is 4.98 Å². The topological polar surface area (TPSA) is 47.0 Å². The molecule has 3 rings (SSSR count). The number of hydrogen-bond donors (Lipinski definition) is 1. The van der Waals surface area contributed by atoms with Crippen molar-refractivity contribution >= 4 is 5.95 Å². The summed E-state index contributed by atoms with van der Waals surface area (Å²) in [6.45, 7) is 3.11. The molecule has 0 spiro atoms. The lowest BCUT2D eigenvalue weighted by Crippen LogP contribution is -2.06. The van der Waals surface area contributed by atoms with E-state index < -0.39 is 0 Å². The summed E-state index contributed by atoms with van der Waals surface area (Å²) < 4.78 is 5.77. The molecular formula is C19H19N3O. The van der Waals surface area contributed by atoms with Crippen LogP contribution in [-0.2, 0) is 13.2 Å². The van der Waals surface area contributed by atoms with E-state index in [2.05, 4.69) is 27.4 Å². The second-order valence-electron chi connectivity index (χ2n) is 5.28. The van der Waals surface area contributed by atoms with Crippen LogP contribution in [0.25, 0.3) is 0 Å². The Kier molecular flexibility index (Phi) is 4.84. The molecular weight excluding hydrogens is 286 g/mol. The molecule has 1 heterocycles. The molecule has 0 saturated carbocycles. The van der Waals surface area contributed by atoms with Gasteiger partial charge in [-0.1, -0.05) is 60.7 Å². The summed E-state index contributed by atoms with van der Waals surface area (Å²) in [4.78, 5) is 8.82. The van der Waals surface area contributed by atoms with Gasteiger partial charge >= 0.3 is 0 Å². The van der Waals surface area contributed by atoms with Crippen LogP contribution in [0.4, 0.5) is 5.95 Å². The van der Waals surface area contributed by atoms with Crippen molar-refractivity contribution in [3.63, 3.8) is 0 Å². The second-order valence-corrected chi connectivity index (χ2v) is 5.28. The van der Waals surface area contributed by atoms with Crippen molar-refractivity contribution in [3.05, 3.63) is 83.6 Å². The normalized spacial score (nSPS) is 10.3. The van der Waals surface area contributed by atoms with Crippen LogP contribution < -0.4 is 10.1 Å². The molecule has 0 bridgehead atoms. The van der Waals surface area contributed by atoms with Gasteiger partial charge in [-0.25, -0.2) is 4.98 Å². The van der Waals surface area contributed by atoms with E-state index in [9.17, 15) is 0 Å². The Morgan fingerprint density at radius 1 is 0.870 bits per heavy atom. The molecule has 2 aromatic carbocycles. The Morgan fingerprint density at radius 3 is 2.22 bits per heavy atom. The molecule has 4 heteroatoms. The SMILES string of the molecule is Cc1cc(OCc2ccccc2)nc(NCc2ccccc2)n1. The van der Waals surface area contributed by atoms with Crippen LogP contribution >= 0.6 is 0 Å². The number of ether oxygens (including phenoxy) is 1. The molecule has 23 heavy (non-hydrogen) atoms. The zero-order valence-corrected chi connectivity index (χ0v) is 13.1. The molecule has 1 N–H and O–H groups in total. The van der Waals surface area contributed by atoms with Crippen LogP contribution in [0.5, 0.6) is 5.88 Å². The predicted octanol–water partition coefficient (Wildman–Crippen LogP) is 3.98. The van der Waals surface area contributed by atoms with Crippen molar-refractivity contribution < 1.29 is 4.74 Å². The number of rotatable bonds is 6.